The van der Waals surface area contributed by atoms with Crippen LogP contribution in [0.2, 0.25) is 10.0 Å². The van der Waals surface area contributed by atoms with E-state index in [1.807, 2.05) is 6.07 Å². The van der Waals surface area contributed by atoms with E-state index in [1.165, 1.54) is 17.5 Å². The van der Waals surface area contributed by atoms with Gasteiger partial charge in [-0.05, 0) is 42.6 Å². The molecule has 82 valence electrons. The van der Waals surface area contributed by atoms with Crippen LogP contribution in [-0.2, 0) is 6.42 Å². The third-order valence-electron chi connectivity index (χ3n) is 2.91. The van der Waals surface area contributed by atoms with Gasteiger partial charge in [0.15, 0.2) is 0 Å². The molecule has 0 spiro atoms. The average Bonchev–Trinajstić information content (AvgIpc) is 2.19. The molecule has 15 heavy (non-hydrogen) atoms. The molecule has 1 aliphatic rings. The van der Waals surface area contributed by atoms with Gasteiger partial charge in [-0.2, -0.15) is 0 Å². The van der Waals surface area contributed by atoms with Crippen molar-refractivity contribution in [3.05, 3.63) is 33.3 Å². The number of benzene rings is 1. The zero-order valence-electron chi connectivity index (χ0n) is 8.82. The molecule has 0 fully saturated rings. The van der Waals surface area contributed by atoms with Gasteiger partial charge in [0.2, 0.25) is 0 Å². The van der Waals surface area contributed by atoms with Gasteiger partial charge in [0.05, 0.1) is 0 Å². The Morgan fingerprint density at radius 3 is 2.93 bits per heavy atom. The summed E-state index contributed by atoms with van der Waals surface area (Å²) in [5, 5.41) is 5.07. The molecule has 1 aromatic carbocycles. The highest BCUT2D eigenvalue weighted by atomic mass is 35.5. The van der Waals surface area contributed by atoms with E-state index >= 15 is 0 Å². The lowest BCUT2D eigenvalue weighted by Gasteiger charge is -2.27. The normalized spacial score (nSPS) is 20.1. The number of hydrogen-bond donors (Lipinski definition) is 1. The Labute approximate surface area is 101 Å². The minimum atomic E-state index is 0.426. The molecule has 0 saturated heterocycles. The summed E-state index contributed by atoms with van der Waals surface area (Å²) >= 11 is 12.2. The highest BCUT2D eigenvalue weighted by molar-refractivity contribution is 6.35. The van der Waals surface area contributed by atoms with Gasteiger partial charge in [0, 0.05) is 16.1 Å². The van der Waals surface area contributed by atoms with Crippen molar-refractivity contribution in [2.45, 2.75) is 32.2 Å². The first kappa shape index (κ1) is 11.3. The first-order valence-corrected chi connectivity index (χ1v) is 6.19. The van der Waals surface area contributed by atoms with E-state index in [0.29, 0.717) is 6.04 Å². The van der Waals surface area contributed by atoms with E-state index in [4.69, 9.17) is 23.2 Å². The molecule has 3 heteroatoms. The summed E-state index contributed by atoms with van der Waals surface area (Å²) in [7, 11) is 0. The zero-order valence-corrected chi connectivity index (χ0v) is 10.3. The van der Waals surface area contributed by atoms with Crippen molar-refractivity contribution in [2.24, 2.45) is 0 Å². The van der Waals surface area contributed by atoms with Gasteiger partial charge in [-0.25, -0.2) is 0 Å². The minimum Gasteiger partial charge on any atom is -0.310 e. The van der Waals surface area contributed by atoms with Crippen LogP contribution in [0.15, 0.2) is 12.1 Å². The smallest absolute Gasteiger partial charge is 0.0456 e. The lowest BCUT2D eigenvalue weighted by atomic mass is 9.92. The fraction of sp³-hybridized carbons (Fsp3) is 0.500. The molecule has 0 saturated carbocycles. The summed E-state index contributed by atoms with van der Waals surface area (Å²) in [6.07, 6.45) is 3.32. The lowest BCUT2D eigenvalue weighted by Crippen LogP contribution is -2.29. The summed E-state index contributed by atoms with van der Waals surface area (Å²) in [6, 6.07) is 4.32. The minimum absolute atomic E-state index is 0.426. The van der Waals surface area contributed by atoms with Crippen molar-refractivity contribution in [1.82, 2.24) is 5.32 Å². The van der Waals surface area contributed by atoms with E-state index < -0.39 is 0 Å². The Kier molecular flexibility index (Phi) is 3.55. The van der Waals surface area contributed by atoms with Crippen LogP contribution >= 0.6 is 23.2 Å². The van der Waals surface area contributed by atoms with Gasteiger partial charge in [0.25, 0.3) is 0 Å². The topological polar surface area (TPSA) is 12.0 Å². The van der Waals surface area contributed by atoms with Crippen molar-refractivity contribution in [3.63, 3.8) is 0 Å². The second kappa shape index (κ2) is 4.73. The van der Waals surface area contributed by atoms with E-state index in [1.54, 1.807) is 0 Å². The Balaban J connectivity index is 2.41. The Morgan fingerprint density at radius 1 is 1.40 bits per heavy atom. The van der Waals surface area contributed by atoms with Gasteiger partial charge in [-0.15, -0.1) is 0 Å². The highest BCUT2D eigenvalue weighted by Crippen LogP contribution is 2.33. The molecule has 1 N–H and O–H groups in total. The molecule has 1 aliphatic heterocycles. The van der Waals surface area contributed by atoms with E-state index in [0.717, 1.165) is 29.4 Å². The molecule has 0 aromatic heterocycles. The summed E-state index contributed by atoms with van der Waals surface area (Å²) < 4.78 is 0. The molecule has 0 bridgehead atoms. The molecule has 0 amide bonds. The monoisotopic (exact) mass is 243 g/mol. The molecule has 0 aliphatic carbocycles. The van der Waals surface area contributed by atoms with Gasteiger partial charge < -0.3 is 5.32 Å². The second-order valence-electron chi connectivity index (χ2n) is 4.00. The van der Waals surface area contributed by atoms with E-state index in [-0.39, 0.29) is 0 Å². The molecule has 2 rings (SSSR count). The summed E-state index contributed by atoms with van der Waals surface area (Å²) in [4.78, 5) is 0. The zero-order chi connectivity index (χ0) is 10.8. The fourth-order valence-electron chi connectivity index (χ4n) is 2.23. The molecular formula is C12H15Cl2N. The third-order valence-corrected chi connectivity index (χ3v) is 3.47. The largest absolute Gasteiger partial charge is 0.310 e. The number of halogens is 2. The summed E-state index contributed by atoms with van der Waals surface area (Å²) in [5.41, 5.74) is 2.57. The second-order valence-corrected chi connectivity index (χ2v) is 4.84. The van der Waals surface area contributed by atoms with Gasteiger partial charge in [-0.1, -0.05) is 36.5 Å². The number of fused-ring (bicyclic) bond motifs is 1. The molecule has 1 nitrogen and oxygen atoms in total. The maximum absolute atomic E-state index is 6.20. The maximum atomic E-state index is 6.20. The van der Waals surface area contributed by atoms with Crippen molar-refractivity contribution in [3.8, 4) is 0 Å². The van der Waals surface area contributed by atoms with Crippen LogP contribution in [0.5, 0.6) is 0 Å². The molecular weight excluding hydrogens is 229 g/mol. The SMILES string of the molecule is CCCC1NCCc2c(Cl)cc(Cl)cc21. The molecule has 1 heterocycles. The van der Waals surface area contributed by atoms with Crippen molar-refractivity contribution in [1.29, 1.82) is 0 Å². The number of rotatable bonds is 2. The van der Waals surface area contributed by atoms with Gasteiger partial charge in [0.1, 0.15) is 0 Å². The van der Waals surface area contributed by atoms with Crippen LogP contribution in [0.3, 0.4) is 0 Å². The molecule has 1 unspecified atom stereocenters. The molecule has 0 radical (unpaired) electrons. The fourth-order valence-corrected chi connectivity index (χ4v) is 2.83. The van der Waals surface area contributed by atoms with Crippen LogP contribution in [0.25, 0.3) is 0 Å². The summed E-state index contributed by atoms with van der Waals surface area (Å²) in [6.45, 7) is 3.21. The van der Waals surface area contributed by atoms with Crippen molar-refractivity contribution < 1.29 is 0 Å². The average molecular weight is 244 g/mol. The van der Waals surface area contributed by atoms with Gasteiger partial charge in [-0.3, -0.25) is 0 Å². The van der Waals surface area contributed by atoms with Crippen LogP contribution in [0.4, 0.5) is 0 Å². The predicted molar refractivity (Wildman–Crippen MR) is 65.8 cm³/mol. The Hall–Kier alpha value is -0.240. The van der Waals surface area contributed by atoms with E-state index in [2.05, 4.69) is 18.3 Å². The van der Waals surface area contributed by atoms with Crippen LogP contribution < -0.4 is 5.32 Å². The third kappa shape index (κ3) is 2.30. The lowest BCUT2D eigenvalue weighted by molar-refractivity contribution is 0.471. The van der Waals surface area contributed by atoms with Crippen molar-refractivity contribution in [2.75, 3.05) is 6.54 Å². The Morgan fingerprint density at radius 2 is 2.20 bits per heavy atom. The van der Waals surface area contributed by atoms with Crippen LogP contribution in [0, 0.1) is 0 Å². The number of hydrogen-bond acceptors (Lipinski definition) is 1. The van der Waals surface area contributed by atoms with Gasteiger partial charge >= 0.3 is 0 Å². The van der Waals surface area contributed by atoms with Crippen LogP contribution in [-0.4, -0.2) is 6.54 Å². The summed E-state index contributed by atoms with van der Waals surface area (Å²) in [5.74, 6) is 0. The number of nitrogens with one attached hydrogen (secondary N) is 1. The quantitative estimate of drug-likeness (QED) is 0.829. The highest BCUT2D eigenvalue weighted by Gasteiger charge is 2.21. The molecule has 1 aromatic rings. The molecule has 1 atom stereocenters. The van der Waals surface area contributed by atoms with E-state index in [9.17, 15) is 0 Å². The first-order valence-electron chi connectivity index (χ1n) is 5.43. The standard InChI is InChI=1S/C12H15Cl2N/c1-2-3-12-10-6-8(13)7-11(14)9(10)4-5-15-12/h6-7,12,15H,2-5H2,1H3. The Bertz CT molecular complexity index is 363. The van der Waals surface area contributed by atoms with Crippen molar-refractivity contribution >= 4 is 23.2 Å². The van der Waals surface area contributed by atoms with Crippen LogP contribution in [0.1, 0.15) is 36.9 Å². The maximum Gasteiger partial charge on any atom is 0.0456 e. The first-order chi connectivity index (χ1) is 7.22. The predicted octanol–water partition coefficient (Wildman–Crippen LogP) is 3.98.